The van der Waals surface area contributed by atoms with Crippen molar-refractivity contribution >= 4 is 17.4 Å². The molecule has 0 bridgehead atoms. The first-order valence-corrected chi connectivity index (χ1v) is 7.86. The van der Waals surface area contributed by atoms with Crippen LogP contribution in [-0.2, 0) is 0 Å². The molecule has 1 heterocycles. The van der Waals surface area contributed by atoms with Crippen LogP contribution in [0, 0.1) is 11.7 Å². The molecule has 106 valence electrons. The number of rotatable bonds is 4. The molecule has 1 aliphatic heterocycles. The highest BCUT2D eigenvalue weighted by Crippen LogP contribution is 2.30. The summed E-state index contributed by atoms with van der Waals surface area (Å²) in [5.74, 6) is 0.592. The van der Waals surface area contributed by atoms with Gasteiger partial charge in [0.05, 0.1) is 0 Å². The maximum absolute atomic E-state index is 13.7. The maximum Gasteiger partial charge on any atom is 0.126 e. The van der Waals surface area contributed by atoms with E-state index in [-0.39, 0.29) is 5.82 Å². The Morgan fingerprint density at radius 2 is 2.05 bits per heavy atom. The van der Waals surface area contributed by atoms with Gasteiger partial charge in [-0.3, -0.25) is 0 Å². The predicted molar refractivity (Wildman–Crippen MR) is 79.2 cm³/mol. The first-order chi connectivity index (χ1) is 9.08. The van der Waals surface area contributed by atoms with Crippen molar-refractivity contribution in [3.05, 3.63) is 24.0 Å². The number of hydrogen-bond donors (Lipinski definition) is 1. The van der Waals surface area contributed by atoms with Crippen molar-refractivity contribution in [3.8, 4) is 0 Å². The van der Waals surface area contributed by atoms with E-state index < -0.39 is 5.44 Å². The predicted octanol–water partition coefficient (Wildman–Crippen LogP) is 3.88. The number of anilines is 1. The second-order valence-corrected chi connectivity index (χ2v) is 6.59. The van der Waals surface area contributed by atoms with Crippen LogP contribution in [-0.4, -0.2) is 23.6 Å². The van der Waals surface area contributed by atoms with E-state index in [4.69, 9.17) is 0 Å². The molecule has 1 unspecified atom stereocenters. The number of halogens is 1. The van der Waals surface area contributed by atoms with Gasteiger partial charge in [-0.1, -0.05) is 25.1 Å². The van der Waals surface area contributed by atoms with Crippen molar-refractivity contribution in [2.75, 3.05) is 18.0 Å². The number of thioether (sulfide) groups is 1. The van der Waals surface area contributed by atoms with Gasteiger partial charge in [0.1, 0.15) is 11.3 Å². The van der Waals surface area contributed by atoms with E-state index in [1.807, 2.05) is 6.07 Å². The van der Waals surface area contributed by atoms with Crippen LogP contribution in [0.4, 0.5) is 10.1 Å². The number of benzene rings is 1. The summed E-state index contributed by atoms with van der Waals surface area (Å²) < 4.78 is 13.7. The van der Waals surface area contributed by atoms with E-state index in [2.05, 4.69) is 11.8 Å². The molecule has 1 aromatic carbocycles. The van der Waals surface area contributed by atoms with Crippen molar-refractivity contribution < 1.29 is 9.50 Å². The number of piperidine rings is 1. The molecule has 1 fully saturated rings. The quantitative estimate of drug-likeness (QED) is 0.670. The molecule has 19 heavy (non-hydrogen) atoms. The van der Waals surface area contributed by atoms with Gasteiger partial charge in [-0.15, -0.1) is 0 Å². The molecule has 1 aromatic rings. The molecule has 0 aliphatic carbocycles. The molecule has 1 aliphatic rings. The minimum absolute atomic E-state index is 0.224. The SMILES string of the molecule is CCC1CCN(c2cc(F)cc(SC(C)O)c2)CC1. The van der Waals surface area contributed by atoms with Crippen LogP contribution in [0.15, 0.2) is 23.1 Å². The zero-order valence-corrected chi connectivity index (χ0v) is 12.4. The van der Waals surface area contributed by atoms with Crippen LogP contribution >= 0.6 is 11.8 Å². The van der Waals surface area contributed by atoms with Crippen LogP contribution in [0.1, 0.15) is 33.1 Å². The van der Waals surface area contributed by atoms with Gasteiger partial charge in [-0.2, -0.15) is 0 Å². The second kappa shape index (κ2) is 6.62. The molecule has 1 N–H and O–H groups in total. The average Bonchev–Trinajstić information content (AvgIpc) is 2.37. The monoisotopic (exact) mass is 283 g/mol. The number of aliphatic hydroxyl groups excluding tert-OH is 1. The van der Waals surface area contributed by atoms with Gasteiger partial charge in [-0.25, -0.2) is 4.39 Å². The van der Waals surface area contributed by atoms with Crippen LogP contribution < -0.4 is 4.90 Å². The van der Waals surface area contributed by atoms with E-state index in [0.717, 1.165) is 29.6 Å². The number of aliphatic hydroxyl groups is 1. The average molecular weight is 283 g/mol. The van der Waals surface area contributed by atoms with Crippen molar-refractivity contribution in [3.63, 3.8) is 0 Å². The summed E-state index contributed by atoms with van der Waals surface area (Å²) in [4.78, 5) is 3.05. The topological polar surface area (TPSA) is 23.5 Å². The largest absolute Gasteiger partial charge is 0.382 e. The first kappa shape index (κ1) is 14.7. The van der Waals surface area contributed by atoms with Crippen molar-refractivity contribution in [2.24, 2.45) is 5.92 Å². The molecule has 0 amide bonds. The Labute approximate surface area is 119 Å². The van der Waals surface area contributed by atoms with Crippen molar-refractivity contribution in [1.82, 2.24) is 0 Å². The molecular formula is C15H22FNOS. The summed E-state index contributed by atoms with van der Waals surface area (Å²) >= 11 is 1.28. The molecule has 1 saturated heterocycles. The smallest absolute Gasteiger partial charge is 0.126 e. The Bertz CT molecular complexity index is 417. The molecule has 0 aromatic heterocycles. The molecule has 0 spiro atoms. The number of nitrogens with zero attached hydrogens (tertiary/aromatic N) is 1. The van der Waals surface area contributed by atoms with E-state index >= 15 is 0 Å². The van der Waals surface area contributed by atoms with Crippen LogP contribution in [0.2, 0.25) is 0 Å². The van der Waals surface area contributed by atoms with Gasteiger partial charge in [0, 0.05) is 23.7 Å². The minimum Gasteiger partial charge on any atom is -0.382 e. The van der Waals surface area contributed by atoms with Gasteiger partial charge < -0.3 is 10.0 Å². The maximum atomic E-state index is 13.7. The highest BCUT2D eigenvalue weighted by molar-refractivity contribution is 7.99. The fraction of sp³-hybridized carbons (Fsp3) is 0.600. The van der Waals surface area contributed by atoms with E-state index in [9.17, 15) is 9.50 Å². The van der Waals surface area contributed by atoms with Crippen LogP contribution in [0.25, 0.3) is 0 Å². The van der Waals surface area contributed by atoms with Crippen molar-refractivity contribution in [2.45, 2.75) is 43.4 Å². The number of hydrogen-bond acceptors (Lipinski definition) is 3. The van der Waals surface area contributed by atoms with E-state index in [1.165, 1.54) is 37.1 Å². The normalized spacial score (nSPS) is 18.6. The molecule has 2 nitrogen and oxygen atoms in total. The fourth-order valence-electron chi connectivity index (χ4n) is 2.59. The molecule has 2 rings (SSSR count). The Balaban J connectivity index is 2.09. The summed E-state index contributed by atoms with van der Waals surface area (Å²) in [7, 11) is 0. The summed E-state index contributed by atoms with van der Waals surface area (Å²) in [5.41, 5.74) is 0.429. The zero-order valence-electron chi connectivity index (χ0n) is 11.6. The fourth-order valence-corrected chi connectivity index (χ4v) is 3.36. The van der Waals surface area contributed by atoms with E-state index in [0.29, 0.717) is 0 Å². The second-order valence-electron chi connectivity index (χ2n) is 5.20. The van der Waals surface area contributed by atoms with Gasteiger partial charge in [0.15, 0.2) is 0 Å². The van der Waals surface area contributed by atoms with Crippen molar-refractivity contribution in [1.29, 1.82) is 0 Å². The Morgan fingerprint density at radius 1 is 1.37 bits per heavy atom. The standard InChI is InChI=1S/C15H22FNOS/c1-3-12-4-6-17(7-5-12)14-8-13(16)9-15(10-14)19-11(2)18/h8-12,18H,3-7H2,1-2H3. The van der Waals surface area contributed by atoms with Gasteiger partial charge in [0.2, 0.25) is 0 Å². The molecule has 0 radical (unpaired) electrons. The van der Waals surface area contributed by atoms with E-state index in [1.54, 1.807) is 13.0 Å². The lowest BCUT2D eigenvalue weighted by atomic mass is 9.94. The highest BCUT2D eigenvalue weighted by atomic mass is 32.2. The third-order valence-electron chi connectivity index (χ3n) is 3.72. The summed E-state index contributed by atoms with van der Waals surface area (Å²) in [6.45, 7) is 5.93. The molecule has 4 heteroatoms. The Kier molecular flexibility index (Phi) is 5.11. The highest BCUT2D eigenvalue weighted by Gasteiger charge is 2.19. The Hall–Kier alpha value is -0.740. The van der Waals surface area contributed by atoms with Gasteiger partial charge in [-0.05, 0) is 43.9 Å². The Morgan fingerprint density at radius 3 is 2.63 bits per heavy atom. The lowest BCUT2D eigenvalue weighted by molar-refractivity contribution is 0.284. The lowest BCUT2D eigenvalue weighted by Crippen LogP contribution is -2.33. The van der Waals surface area contributed by atoms with Gasteiger partial charge >= 0.3 is 0 Å². The molecular weight excluding hydrogens is 261 g/mol. The summed E-state index contributed by atoms with van der Waals surface area (Å²) in [5, 5.41) is 9.39. The van der Waals surface area contributed by atoms with Crippen LogP contribution in [0.3, 0.4) is 0 Å². The minimum atomic E-state index is -0.513. The third kappa shape index (κ3) is 4.11. The lowest BCUT2D eigenvalue weighted by Gasteiger charge is -2.33. The zero-order chi connectivity index (χ0) is 13.8. The van der Waals surface area contributed by atoms with Crippen LogP contribution in [0.5, 0.6) is 0 Å². The molecule has 1 atom stereocenters. The summed E-state index contributed by atoms with van der Waals surface area (Å²) in [6.07, 6.45) is 3.61. The van der Waals surface area contributed by atoms with Gasteiger partial charge in [0.25, 0.3) is 0 Å². The molecule has 0 saturated carbocycles. The first-order valence-electron chi connectivity index (χ1n) is 6.98. The summed E-state index contributed by atoms with van der Waals surface area (Å²) in [6, 6.07) is 5.06. The third-order valence-corrected chi connectivity index (χ3v) is 4.57.